The van der Waals surface area contributed by atoms with Crippen molar-refractivity contribution in [1.29, 1.82) is 0 Å². The molecule has 6 nitrogen and oxygen atoms in total. The second-order valence-electron chi connectivity index (χ2n) is 6.15. The Morgan fingerprint density at radius 2 is 2.00 bits per heavy atom. The number of carbonyl (C=O) groups is 1. The van der Waals surface area contributed by atoms with Crippen molar-refractivity contribution in [2.75, 3.05) is 12.8 Å². The van der Waals surface area contributed by atoms with Crippen LogP contribution in [0.15, 0.2) is 6.20 Å². The molecule has 3 N–H and O–H groups in total. The van der Waals surface area contributed by atoms with Gasteiger partial charge in [-0.05, 0) is 32.7 Å². The molecule has 2 fully saturated rings. The Labute approximate surface area is 119 Å². The monoisotopic (exact) mass is 277 g/mol. The van der Waals surface area contributed by atoms with Crippen LogP contribution in [0.3, 0.4) is 0 Å². The predicted molar refractivity (Wildman–Crippen MR) is 77.3 cm³/mol. The molecule has 0 aromatic carbocycles. The first kappa shape index (κ1) is 13.4. The van der Waals surface area contributed by atoms with Gasteiger partial charge in [-0.15, -0.1) is 0 Å². The number of aromatic nitrogens is 2. The molecule has 3 heterocycles. The van der Waals surface area contributed by atoms with E-state index in [4.69, 9.17) is 5.73 Å². The van der Waals surface area contributed by atoms with Crippen LogP contribution in [0.1, 0.15) is 42.6 Å². The Balaban J connectivity index is 1.66. The average Bonchev–Trinajstić information content (AvgIpc) is 2.70. The maximum Gasteiger partial charge on any atom is 0.274 e. The summed E-state index contributed by atoms with van der Waals surface area (Å²) in [5, 5.41) is 7.25. The number of hydrogen-bond donors (Lipinski definition) is 2. The topological polar surface area (TPSA) is 76.2 Å². The smallest absolute Gasteiger partial charge is 0.274 e. The minimum Gasteiger partial charge on any atom is -0.396 e. The van der Waals surface area contributed by atoms with Crippen LogP contribution >= 0.6 is 0 Å². The molecule has 2 saturated heterocycles. The number of fused-ring (bicyclic) bond motifs is 2. The van der Waals surface area contributed by atoms with Gasteiger partial charge in [0.05, 0.1) is 5.69 Å². The highest BCUT2D eigenvalue weighted by atomic mass is 16.2. The minimum atomic E-state index is -0.143. The van der Waals surface area contributed by atoms with Crippen LogP contribution in [0.5, 0.6) is 0 Å². The van der Waals surface area contributed by atoms with E-state index in [1.54, 1.807) is 17.9 Å². The number of hydrogen-bond acceptors (Lipinski definition) is 4. The third kappa shape index (κ3) is 2.40. The highest BCUT2D eigenvalue weighted by molar-refractivity contribution is 5.97. The van der Waals surface area contributed by atoms with E-state index < -0.39 is 0 Å². The van der Waals surface area contributed by atoms with Crippen LogP contribution in [-0.4, -0.2) is 45.8 Å². The SMILES string of the molecule is CN1C2CCCC1CC(NC(=O)c1nn(C)cc1N)C2. The van der Waals surface area contributed by atoms with Gasteiger partial charge in [0, 0.05) is 31.4 Å². The zero-order valence-corrected chi connectivity index (χ0v) is 12.2. The summed E-state index contributed by atoms with van der Waals surface area (Å²) in [6, 6.07) is 1.46. The quantitative estimate of drug-likeness (QED) is 0.836. The first-order valence-electron chi connectivity index (χ1n) is 7.36. The molecular weight excluding hydrogens is 254 g/mol. The Bertz CT molecular complexity index is 498. The van der Waals surface area contributed by atoms with Crippen LogP contribution in [0.2, 0.25) is 0 Å². The standard InChI is InChI=1S/C14H23N5O/c1-18-8-12(15)13(17-18)14(20)16-9-6-10-4-3-5-11(7-9)19(10)2/h8-11H,3-7,15H2,1-2H3,(H,16,20). The van der Waals surface area contributed by atoms with Crippen molar-refractivity contribution in [2.24, 2.45) is 7.05 Å². The number of rotatable bonds is 2. The third-order valence-electron chi connectivity index (χ3n) is 4.75. The van der Waals surface area contributed by atoms with Crippen LogP contribution < -0.4 is 11.1 Å². The fourth-order valence-corrected chi connectivity index (χ4v) is 3.67. The number of nitrogens with one attached hydrogen (secondary N) is 1. The van der Waals surface area contributed by atoms with Crippen molar-refractivity contribution in [3.8, 4) is 0 Å². The summed E-state index contributed by atoms with van der Waals surface area (Å²) in [6.45, 7) is 0. The first-order chi connectivity index (χ1) is 9.54. The lowest BCUT2D eigenvalue weighted by Crippen LogP contribution is -2.55. The Kier molecular flexibility index (Phi) is 3.41. The highest BCUT2D eigenvalue weighted by Crippen LogP contribution is 2.32. The van der Waals surface area contributed by atoms with Gasteiger partial charge in [0.15, 0.2) is 5.69 Å². The molecule has 0 saturated carbocycles. The highest BCUT2D eigenvalue weighted by Gasteiger charge is 2.36. The summed E-state index contributed by atoms with van der Waals surface area (Å²) in [4.78, 5) is 14.8. The largest absolute Gasteiger partial charge is 0.396 e. The van der Waals surface area contributed by atoms with Crippen molar-refractivity contribution in [1.82, 2.24) is 20.0 Å². The van der Waals surface area contributed by atoms with Gasteiger partial charge in [0.1, 0.15) is 0 Å². The Morgan fingerprint density at radius 1 is 1.35 bits per heavy atom. The van der Waals surface area contributed by atoms with Crippen LogP contribution in [-0.2, 0) is 7.05 Å². The molecular formula is C14H23N5O. The number of nitrogens with zero attached hydrogens (tertiary/aromatic N) is 3. The molecule has 2 atom stereocenters. The van der Waals surface area contributed by atoms with Gasteiger partial charge in [0.25, 0.3) is 5.91 Å². The molecule has 0 spiro atoms. The maximum absolute atomic E-state index is 12.3. The van der Waals surface area contributed by atoms with Crippen LogP contribution in [0.4, 0.5) is 5.69 Å². The first-order valence-corrected chi connectivity index (χ1v) is 7.36. The fourth-order valence-electron chi connectivity index (χ4n) is 3.67. The molecule has 110 valence electrons. The van der Waals surface area contributed by atoms with Gasteiger partial charge in [-0.3, -0.25) is 9.48 Å². The number of aryl methyl sites for hydroxylation is 1. The van der Waals surface area contributed by atoms with Crippen molar-refractivity contribution < 1.29 is 4.79 Å². The lowest BCUT2D eigenvalue weighted by Gasteiger charge is -2.47. The number of nitrogens with two attached hydrogens (primary N) is 1. The van der Waals surface area contributed by atoms with Crippen LogP contribution in [0.25, 0.3) is 0 Å². The molecule has 2 aliphatic heterocycles. The lowest BCUT2D eigenvalue weighted by molar-refractivity contribution is 0.0462. The van der Waals surface area contributed by atoms with Gasteiger partial charge in [0.2, 0.25) is 0 Å². The van der Waals surface area contributed by atoms with Gasteiger partial charge in [-0.25, -0.2) is 0 Å². The molecule has 1 aromatic rings. The molecule has 0 radical (unpaired) electrons. The molecule has 6 heteroatoms. The molecule has 1 aromatic heterocycles. The molecule has 1 amide bonds. The number of piperidine rings is 2. The summed E-state index contributed by atoms with van der Waals surface area (Å²) in [6.07, 6.45) is 7.53. The zero-order chi connectivity index (χ0) is 14.3. The maximum atomic E-state index is 12.3. The summed E-state index contributed by atoms with van der Waals surface area (Å²) >= 11 is 0. The number of carbonyl (C=O) groups excluding carboxylic acids is 1. The molecule has 2 unspecified atom stereocenters. The molecule has 3 rings (SSSR count). The molecule has 0 aliphatic carbocycles. The predicted octanol–water partition coefficient (Wildman–Crippen LogP) is 0.747. The summed E-state index contributed by atoms with van der Waals surface area (Å²) in [7, 11) is 3.98. The second-order valence-corrected chi connectivity index (χ2v) is 6.15. The van der Waals surface area contributed by atoms with Gasteiger partial charge in [-0.1, -0.05) is 6.42 Å². The summed E-state index contributed by atoms with van der Waals surface area (Å²) in [5.41, 5.74) is 6.60. The van der Waals surface area contributed by atoms with E-state index in [0.29, 0.717) is 23.5 Å². The van der Waals surface area contributed by atoms with Crippen molar-refractivity contribution in [3.63, 3.8) is 0 Å². The van der Waals surface area contributed by atoms with E-state index in [1.165, 1.54) is 19.3 Å². The van der Waals surface area contributed by atoms with E-state index in [1.807, 2.05) is 0 Å². The van der Waals surface area contributed by atoms with Crippen LogP contribution in [0, 0.1) is 0 Å². The molecule has 20 heavy (non-hydrogen) atoms. The van der Waals surface area contributed by atoms with Crippen molar-refractivity contribution >= 4 is 11.6 Å². The number of nitrogen functional groups attached to an aromatic ring is 1. The van der Waals surface area contributed by atoms with Gasteiger partial charge < -0.3 is 16.0 Å². The van der Waals surface area contributed by atoms with E-state index in [2.05, 4.69) is 22.4 Å². The number of anilines is 1. The lowest BCUT2D eigenvalue weighted by atomic mass is 9.82. The van der Waals surface area contributed by atoms with E-state index in [9.17, 15) is 4.79 Å². The number of amides is 1. The van der Waals surface area contributed by atoms with E-state index >= 15 is 0 Å². The summed E-state index contributed by atoms with van der Waals surface area (Å²) in [5.74, 6) is -0.143. The van der Waals surface area contributed by atoms with Crippen molar-refractivity contribution in [3.05, 3.63) is 11.9 Å². The Hall–Kier alpha value is -1.56. The summed E-state index contributed by atoms with van der Waals surface area (Å²) < 4.78 is 1.58. The molecule has 2 bridgehead atoms. The van der Waals surface area contributed by atoms with Gasteiger partial charge in [-0.2, -0.15) is 5.10 Å². The van der Waals surface area contributed by atoms with E-state index in [-0.39, 0.29) is 11.9 Å². The molecule has 2 aliphatic rings. The fraction of sp³-hybridized carbons (Fsp3) is 0.714. The van der Waals surface area contributed by atoms with Gasteiger partial charge >= 0.3 is 0 Å². The third-order valence-corrected chi connectivity index (χ3v) is 4.75. The Morgan fingerprint density at radius 3 is 2.55 bits per heavy atom. The second kappa shape index (κ2) is 5.09. The average molecular weight is 277 g/mol. The zero-order valence-electron chi connectivity index (χ0n) is 12.2. The van der Waals surface area contributed by atoms with Crippen molar-refractivity contribution in [2.45, 2.75) is 50.2 Å². The minimum absolute atomic E-state index is 0.143. The normalized spacial score (nSPS) is 30.2. The van der Waals surface area contributed by atoms with E-state index in [0.717, 1.165) is 12.8 Å².